The second-order valence-corrected chi connectivity index (χ2v) is 5.55. The summed E-state index contributed by atoms with van der Waals surface area (Å²) in [5, 5.41) is 11.6. The Labute approximate surface area is 125 Å². The number of aliphatic hydroxyl groups excluding tert-OH is 1. The lowest BCUT2D eigenvalue weighted by molar-refractivity contribution is 0.178. The molecule has 0 saturated heterocycles. The third kappa shape index (κ3) is 2.96. The molecule has 21 heavy (non-hydrogen) atoms. The molecule has 1 heterocycles. The highest BCUT2D eigenvalue weighted by Crippen LogP contribution is 2.23. The number of benzene rings is 2. The van der Waals surface area contributed by atoms with Gasteiger partial charge in [-0.15, -0.1) is 0 Å². The van der Waals surface area contributed by atoms with Crippen LogP contribution in [0.25, 0.3) is 10.9 Å². The van der Waals surface area contributed by atoms with Crippen molar-refractivity contribution in [1.82, 2.24) is 4.98 Å². The molecule has 2 nitrogen and oxygen atoms in total. The van der Waals surface area contributed by atoms with Crippen LogP contribution in [0, 0.1) is 13.8 Å². The lowest BCUT2D eigenvalue weighted by Crippen LogP contribution is -2.03. The van der Waals surface area contributed by atoms with Gasteiger partial charge in [-0.1, -0.05) is 36.4 Å². The van der Waals surface area contributed by atoms with E-state index in [1.807, 2.05) is 43.3 Å². The first-order valence-electron chi connectivity index (χ1n) is 7.23. The van der Waals surface area contributed by atoms with Gasteiger partial charge < -0.3 is 5.11 Å². The molecule has 0 aliphatic rings. The van der Waals surface area contributed by atoms with Crippen LogP contribution in [0.3, 0.4) is 0 Å². The van der Waals surface area contributed by atoms with Crippen LogP contribution in [0.4, 0.5) is 0 Å². The fourth-order valence-electron chi connectivity index (χ4n) is 2.62. The van der Waals surface area contributed by atoms with Crippen LogP contribution >= 0.6 is 0 Å². The normalized spacial score (nSPS) is 12.5. The Morgan fingerprint density at radius 1 is 1.00 bits per heavy atom. The Kier molecular flexibility index (Phi) is 3.72. The van der Waals surface area contributed by atoms with Crippen molar-refractivity contribution in [3.05, 3.63) is 77.0 Å². The summed E-state index contributed by atoms with van der Waals surface area (Å²) >= 11 is 0. The number of hydrogen-bond acceptors (Lipinski definition) is 2. The smallest absolute Gasteiger partial charge is 0.0830 e. The van der Waals surface area contributed by atoms with E-state index in [0.717, 1.165) is 22.2 Å². The molecule has 0 bridgehead atoms. The van der Waals surface area contributed by atoms with Crippen molar-refractivity contribution in [2.24, 2.45) is 0 Å². The molecular weight excluding hydrogens is 258 g/mol. The van der Waals surface area contributed by atoms with E-state index in [1.165, 1.54) is 11.1 Å². The lowest BCUT2D eigenvalue weighted by atomic mass is 9.97. The summed E-state index contributed by atoms with van der Waals surface area (Å²) in [4.78, 5) is 4.49. The zero-order valence-corrected chi connectivity index (χ0v) is 12.4. The average Bonchev–Trinajstić information content (AvgIpc) is 2.49. The molecular formula is C19H19NO. The van der Waals surface area contributed by atoms with E-state index in [1.54, 1.807) is 0 Å². The third-order valence-corrected chi connectivity index (χ3v) is 3.91. The van der Waals surface area contributed by atoms with E-state index in [2.05, 4.69) is 30.1 Å². The SMILES string of the molecule is Cc1ccc2cc(C(O)Cc3ccccc3C)ccc2n1. The molecule has 0 saturated carbocycles. The summed E-state index contributed by atoms with van der Waals surface area (Å²) in [5.74, 6) is 0. The van der Waals surface area contributed by atoms with Crippen molar-refractivity contribution < 1.29 is 5.11 Å². The molecule has 1 unspecified atom stereocenters. The maximum absolute atomic E-state index is 10.5. The van der Waals surface area contributed by atoms with Crippen molar-refractivity contribution in [2.75, 3.05) is 0 Å². The van der Waals surface area contributed by atoms with E-state index in [0.29, 0.717) is 6.42 Å². The lowest BCUT2D eigenvalue weighted by Gasteiger charge is -2.13. The Morgan fingerprint density at radius 3 is 2.62 bits per heavy atom. The van der Waals surface area contributed by atoms with Crippen LogP contribution in [0.15, 0.2) is 54.6 Å². The second-order valence-electron chi connectivity index (χ2n) is 5.55. The first-order valence-corrected chi connectivity index (χ1v) is 7.23. The van der Waals surface area contributed by atoms with E-state index in [-0.39, 0.29) is 0 Å². The number of aryl methyl sites for hydroxylation is 2. The monoisotopic (exact) mass is 277 g/mol. The highest BCUT2D eigenvalue weighted by Gasteiger charge is 2.11. The zero-order chi connectivity index (χ0) is 14.8. The zero-order valence-electron chi connectivity index (χ0n) is 12.4. The van der Waals surface area contributed by atoms with Crippen LogP contribution in [0.1, 0.15) is 28.5 Å². The minimum atomic E-state index is -0.489. The van der Waals surface area contributed by atoms with Crippen LogP contribution in [0.2, 0.25) is 0 Å². The molecule has 0 aliphatic heterocycles. The molecule has 3 rings (SSSR count). The molecule has 2 aromatic carbocycles. The molecule has 0 fully saturated rings. The Hall–Kier alpha value is -2.19. The maximum atomic E-state index is 10.5. The van der Waals surface area contributed by atoms with E-state index >= 15 is 0 Å². The number of hydrogen-bond donors (Lipinski definition) is 1. The summed E-state index contributed by atoms with van der Waals surface area (Å²) in [6.45, 7) is 4.07. The third-order valence-electron chi connectivity index (χ3n) is 3.91. The van der Waals surface area contributed by atoms with E-state index < -0.39 is 6.10 Å². The highest BCUT2D eigenvalue weighted by atomic mass is 16.3. The van der Waals surface area contributed by atoms with Crippen molar-refractivity contribution >= 4 is 10.9 Å². The molecule has 106 valence electrons. The Balaban J connectivity index is 1.89. The molecule has 0 aliphatic carbocycles. The minimum absolute atomic E-state index is 0.489. The first-order chi connectivity index (χ1) is 10.1. The Morgan fingerprint density at radius 2 is 1.81 bits per heavy atom. The van der Waals surface area contributed by atoms with Crippen molar-refractivity contribution in [3.8, 4) is 0 Å². The topological polar surface area (TPSA) is 33.1 Å². The Bertz CT molecular complexity index is 779. The van der Waals surface area contributed by atoms with Crippen molar-refractivity contribution in [1.29, 1.82) is 0 Å². The van der Waals surface area contributed by atoms with Crippen LogP contribution < -0.4 is 0 Å². The van der Waals surface area contributed by atoms with Crippen molar-refractivity contribution in [2.45, 2.75) is 26.4 Å². The van der Waals surface area contributed by atoms with E-state index in [4.69, 9.17) is 0 Å². The maximum Gasteiger partial charge on any atom is 0.0830 e. The summed E-state index contributed by atoms with van der Waals surface area (Å²) in [6, 6.07) is 18.2. The largest absolute Gasteiger partial charge is 0.388 e. The molecule has 3 aromatic rings. The van der Waals surface area contributed by atoms with Gasteiger partial charge in [-0.2, -0.15) is 0 Å². The molecule has 0 amide bonds. The molecule has 0 radical (unpaired) electrons. The molecule has 1 aromatic heterocycles. The first kappa shape index (κ1) is 13.8. The van der Waals surface area contributed by atoms with Crippen LogP contribution in [-0.4, -0.2) is 10.1 Å². The quantitative estimate of drug-likeness (QED) is 0.781. The van der Waals surface area contributed by atoms with E-state index in [9.17, 15) is 5.11 Å². The fourth-order valence-corrected chi connectivity index (χ4v) is 2.62. The van der Waals surface area contributed by atoms with Crippen LogP contribution in [-0.2, 0) is 6.42 Å². The fraction of sp³-hybridized carbons (Fsp3) is 0.211. The number of aromatic nitrogens is 1. The molecule has 1 atom stereocenters. The predicted molar refractivity (Wildman–Crippen MR) is 86.3 cm³/mol. The molecule has 2 heteroatoms. The molecule has 1 N–H and O–H groups in total. The van der Waals surface area contributed by atoms with Crippen molar-refractivity contribution in [3.63, 3.8) is 0 Å². The second kappa shape index (κ2) is 5.66. The van der Waals surface area contributed by atoms with Crippen LogP contribution in [0.5, 0.6) is 0 Å². The van der Waals surface area contributed by atoms with Gasteiger partial charge in [0.05, 0.1) is 11.6 Å². The highest BCUT2D eigenvalue weighted by molar-refractivity contribution is 5.79. The number of pyridine rings is 1. The van der Waals surface area contributed by atoms with Gasteiger partial charge in [0, 0.05) is 17.5 Å². The number of aliphatic hydroxyl groups is 1. The number of nitrogens with zero attached hydrogens (tertiary/aromatic N) is 1. The van der Waals surface area contributed by atoms with Gasteiger partial charge in [-0.3, -0.25) is 4.98 Å². The number of rotatable bonds is 3. The van der Waals surface area contributed by atoms with Gasteiger partial charge in [-0.05, 0) is 48.7 Å². The minimum Gasteiger partial charge on any atom is -0.388 e. The van der Waals surface area contributed by atoms with Gasteiger partial charge in [0.25, 0.3) is 0 Å². The predicted octanol–water partition coefficient (Wildman–Crippen LogP) is 4.13. The van der Waals surface area contributed by atoms with Gasteiger partial charge in [0.1, 0.15) is 0 Å². The standard InChI is InChI=1S/C19H19NO/c1-13-5-3-4-6-15(13)12-19(21)17-9-10-18-16(11-17)8-7-14(2)20-18/h3-11,19,21H,12H2,1-2H3. The summed E-state index contributed by atoms with van der Waals surface area (Å²) in [6.07, 6.45) is 0.147. The van der Waals surface area contributed by atoms with Gasteiger partial charge >= 0.3 is 0 Å². The van der Waals surface area contributed by atoms with Gasteiger partial charge in [0.15, 0.2) is 0 Å². The average molecular weight is 277 g/mol. The van der Waals surface area contributed by atoms with Gasteiger partial charge in [-0.25, -0.2) is 0 Å². The molecule has 0 spiro atoms. The van der Waals surface area contributed by atoms with Gasteiger partial charge in [0.2, 0.25) is 0 Å². The summed E-state index contributed by atoms with van der Waals surface area (Å²) in [7, 11) is 0. The summed E-state index contributed by atoms with van der Waals surface area (Å²) in [5.41, 5.74) is 5.33. The number of fused-ring (bicyclic) bond motifs is 1. The summed E-state index contributed by atoms with van der Waals surface area (Å²) < 4.78 is 0.